The van der Waals surface area contributed by atoms with Crippen LogP contribution in [0.15, 0.2) is 60.7 Å². The zero-order valence-corrected chi connectivity index (χ0v) is 20.9. The Balaban J connectivity index is 1.92. The quantitative estimate of drug-likeness (QED) is 0.458. The van der Waals surface area contributed by atoms with E-state index in [-0.39, 0.29) is 5.91 Å². The second kappa shape index (κ2) is 8.30. The van der Waals surface area contributed by atoms with Crippen molar-refractivity contribution < 1.29 is 21.6 Å². The highest BCUT2D eigenvalue weighted by atomic mass is 35.5. The minimum Gasteiger partial charge on any atom is -0.324 e. The predicted molar refractivity (Wildman–Crippen MR) is 135 cm³/mol. The van der Waals surface area contributed by atoms with Gasteiger partial charge in [0.2, 0.25) is 26.0 Å². The first-order valence-electron chi connectivity index (χ1n) is 10.1. The van der Waals surface area contributed by atoms with E-state index >= 15 is 0 Å². The Kier molecular flexibility index (Phi) is 5.87. The molecule has 1 aliphatic heterocycles. The molecular weight excluding hydrogens is 498 g/mol. The van der Waals surface area contributed by atoms with Gasteiger partial charge in [-0.05, 0) is 53.9 Å². The van der Waals surface area contributed by atoms with Crippen LogP contribution in [-0.4, -0.2) is 35.3 Å². The highest BCUT2D eigenvalue weighted by molar-refractivity contribution is 7.92. The van der Waals surface area contributed by atoms with Crippen molar-refractivity contribution in [1.29, 1.82) is 0 Å². The number of anilines is 3. The lowest BCUT2D eigenvalue weighted by Crippen LogP contribution is -2.37. The van der Waals surface area contributed by atoms with E-state index in [1.807, 2.05) is 6.92 Å². The summed E-state index contributed by atoms with van der Waals surface area (Å²) < 4.78 is 51.3. The van der Waals surface area contributed by atoms with Crippen LogP contribution in [0, 0.1) is 6.92 Å². The first-order chi connectivity index (χ1) is 15.8. The van der Waals surface area contributed by atoms with E-state index < -0.39 is 25.5 Å². The summed E-state index contributed by atoms with van der Waals surface area (Å²) in [5.41, 5.74) is 2.68. The van der Waals surface area contributed by atoms with Crippen LogP contribution in [0.3, 0.4) is 0 Å². The molecule has 0 saturated heterocycles. The lowest BCUT2D eigenvalue weighted by atomic mass is 9.70. The zero-order valence-electron chi connectivity index (χ0n) is 18.5. The van der Waals surface area contributed by atoms with E-state index in [0.717, 1.165) is 18.1 Å². The van der Waals surface area contributed by atoms with Gasteiger partial charge in [-0.3, -0.25) is 14.2 Å². The molecule has 3 aromatic rings. The van der Waals surface area contributed by atoms with Gasteiger partial charge in [-0.25, -0.2) is 16.8 Å². The molecule has 34 heavy (non-hydrogen) atoms. The molecule has 1 heterocycles. The van der Waals surface area contributed by atoms with Crippen LogP contribution >= 0.6 is 11.6 Å². The Bertz CT molecular complexity index is 1420. The number of carbonyl (C=O) groups is 1. The van der Waals surface area contributed by atoms with Crippen molar-refractivity contribution in [2.45, 2.75) is 12.3 Å². The van der Waals surface area contributed by atoms with Crippen molar-refractivity contribution in [1.82, 2.24) is 0 Å². The van der Waals surface area contributed by atoms with Gasteiger partial charge in [0, 0.05) is 22.0 Å². The molecule has 0 fully saturated rings. The second-order valence-corrected chi connectivity index (χ2v) is 12.1. The molecule has 3 aromatic carbocycles. The maximum Gasteiger partial charge on any atom is 0.244 e. The fourth-order valence-corrected chi connectivity index (χ4v) is 5.52. The number of fused-ring (bicyclic) bond motifs is 1. The minimum absolute atomic E-state index is 0.305. The molecule has 11 heteroatoms. The maximum atomic E-state index is 13.7. The number of sulfonamides is 2. The number of carbonyl (C=O) groups excluding carboxylic acids is 1. The number of halogens is 1. The summed E-state index contributed by atoms with van der Waals surface area (Å²) in [4.78, 5) is 13.7. The summed E-state index contributed by atoms with van der Waals surface area (Å²) in [7, 11) is -6.93. The molecule has 1 amide bonds. The number of hydrogen-bond donors (Lipinski definition) is 3. The normalized spacial score (nSPS) is 14.9. The minimum atomic E-state index is -3.47. The van der Waals surface area contributed by atoms with Gasteiger partial charge in [0.05, 0.1) is 18.2 Å². The van der Waals surface area contributed by atoms with E-state index in [9.17, 15) is 21.6 Å². The molecule has 1 aliphatic rings. The van der Waals surface area contributed by atoms with E-state index in [0.29, 0.717) is 38.8 Å². The average molecular weight is 520 g/mol. The van der Waals surface area contributed by atoms with Crippen molar-refractivity contribution in [2.24, 2.45) is 0 Å². The van der Waals surface area contributed by atoms with Crippen LogP contribution in [0.2, 0.25) is 5.02 Å². The lowest BCUT2D eigenvalue weighted by Gasteiger charge is -2.29. The largest absolute Gasteiger partial charge is 0.324 e. The van der Waals surface area contributed by atoms with E-state index in [1.165, 1.54) is 0 Å². The molecule has 0 aromatic heterocycles. The highest BCUT2D eigenvalue weighted by Crippen LogP contribution is 2.50. The molecule has 0 atom stereocenters. The molecule has 8 nitrogen and oxygen atoms in total. The number of benzene rings is 3. The molecule has 0 aliphatic carbocycles. The molecule has 4 rings (SSSR count). The summed E-state index contributed by atoms with van der Waals surface area (Å²) >= 11 is 6.31. The van der Waals surface area contributed by atoms with Gasteiger partial charge >= 0.3 is 0 Å². The van der Waals surface area contributed by atoms with Crippen LogP contribution in [-0.2, 0) is 30.3 Å². The Morgan fingerprint density at radius 3 is 1.62 bits per heavy atom. The number of nitrogens with one attached hydrogen (secondary N) is 3. The highest BCUT2D eigenvalue weighted by Gasteiger charge is 2.50. The summed E-state index contributed by atoms with van der Waals surface area (Å²) in [5, 5.41) is 3.46. The average Bonchev–Trinajstić information content (AvgIpc) is 3.03. The fraction of sp³-hybridized carbons (Fsp3) is 0.174. The van der Waals surface area contributed by atoms with Gasteiger partial charge < -0.3 is 5.32 Å². The molecule has 3 N–H and O–H groups in total. The summed E-state index contributed by atoms with van der Waals surface area (Å²) in [6.07, 6.45) is 2.11. The molecule has 0 radical (unpaired) electrons. The van der Waals surface area contributed by atoms with Crippen molar-refractivity contribution in [2.75, 3.05) is 27.3 Å². The molecule has 0 saturated carbocycles. The summed E-state index contributed by atoms with van der Waals surface area (Å²) in [5.74, 6) is -0.305. The predicted octanol–water partition coefficient (Wildman–Crippen LogP) is 3.68. The van der Waals surface area contributed by atoms with Crippen LogP contribution in [0.4, 0.5) is 17.1 Å². The van der Waals surface area contributed by atoms with Gasteiger partial charge in [-0.15, -0.1) is 0 Å². The fourth-order valence-electron chi connectivity index (χ4n) is 4.23. The Labute approximate surface area is 203 Å². The topological polar surface area (TPSA) is 121 Å². The standard InChI is InChI=1S/C23H22ClN3O5S2/c1-14-20(24)13-12-19-21(14)25-22(28)23(19,15-4-8-17(9-5-15)26-33(2,29)30)16-6-10-18(11-7-16)27-34(3,31)32/h4-13,26-27H,1-3H3,(H,25,28). The Hall–Kier alpha value is -3.08. The smallest absolute Gasteiger partial charge is 0.244 e. The van der Waals surface area contributed by atoms with Crippen LogP contribution in [0.25, 0.3) is 0 Å². The Morgan fingerprint density at radius 1 is 0.765 bits per heavy atom. The van der Waals surface area contributed by atoms with E-state index in [4.69, 9.17) is 11.6 Å². The maximum absolute atomic E-state index is 13.7. The molecule has 0 spiro atoms. The van der Waals surface area contributed by atoms with Gasteiger partial charge in [0.15, 0.2) is 0 Å². The number of rotatable bonds is 6. The monoisotopic (exact) mass is 519 g/mol. The zero-order chi connectivity index (χ0) is 24.9. The van der Waals surface area contributed by atoms with Crippen molar-refractivity contribution in [3.05, 3.63) is 87.9 Å². The van der Waals surface area contributed by atoms with Crippen molar-refractivity contribution >= 4 is 54.6 Å². The third kappa shape index (κ3) is 4.36. The van der Waals surface area contributed by atoms with Gasteiger partial charge in [0.1, 0.15) is 5.41 Å². The third-order valence-electron chi connectivity index (χ3n) is 5.62. The lowest BCUT2D eigenvalue weighted by molar-refractivity contribution is -0.118. The van der Waals surface area contributed by atoms with Crippen LogP contribution in [0.1, 0.15) is 22.3 Å². The SMILES string of the molecule is Cc1c(Cl)ccc2c1NC(=O)C2(c1ccc(NS(C)(=O)=O)cc1)c1ccc(NS(C)(=O)=O)cc1. The van der Waals surface area contributed by atoms with Gasteiger partial charge in [0.25, 0.3) is 0 Å². The first-order valence-corrected chi connectivity index (χ1v) is 14.2. The molecule has 0 bridgehead atoms. The molecular formula is C23H22ClN3O5S2. The number of amides is 1. The van der Waals surface area contributed by atoms with Crippen LogP contribution in [0.5, 0.6) is 0 Å². The van der Waals surface area contributed by atoms with E-state index in [1.54, 1.807) is 60.7 Å². The van der Waals surface area contributed by atoms with E-state index in [2.05, 4.69) is 14.8 Å². The third-order valence-corrected chi connectivity index (χ3v) is 7.25. The number of hydrogen-bond acceptors (Lipinski definition) is 5. The molecule has 0 unspecified atom stereocenters. The van der Waals surface area contributed by atoms with Crippen molar-refractivity contribution in [3.63, 3.8) is 0 Å². The Morgan fingerprint density at radius 2 is 1.21 bits per heavy atom. The summed E-state index contributed by atoms with van der Waals surface area (Å²) in [6.45, 7) is 1.82. The second-order valence-electron chi connectivity index (χ2n) is 8.20. The van der Waals surface area contributed by atoms with Gasteiger partial charge in [-0.2, -0.15) is 0 Å². The molecule has 178 valence electrons. The first kappa shape index (κ1) is 24.1. The van der Waals surface area contributed by atoms with Gasteiger partial charge in [-0.1, -0.05) is 41.9 Å². The summed E-state index contributed by atoms with van der Waals surface area (Å²) in [6, 6.07) is 16.6. The van der Waals surface area contributed by atoms with Crippen LogP contribution < -0.4 is 14.8 Å². The van der Waals surface area contributed by atoms with Crippen molar-refractivity contribution in [3.8, 4) is 0 Å².